The van der Waals surface area contributed by atoms with Crippen LogP contribution in [-0.4, -0.2) is 32.3 Å². The molecule has 0 radical (unpaired) electrons. The molecule has 1 saturated carbocycles. The highest BCUT2D eigenvalue weighted by Gasteiger charge is 2.38. The molecule has 5 nitrogen and oxygen atoms in total. The monoisotopic (exact) mass is 360 g/mol. The van der Waals surface area contributed by atoms with Gasteiger partial charge in [0.25, 0.3) is 0 Å². The molecular formula is C21H32N2O3. The highest BCUT2D eigenvalue weighted by Crippen LogP contribution is 2.32. The van der Waals surface area contributed by atoms with Crippen LogP contribution in [0.1, 0.15) is 50.5 Å². The van der Waals surface area contributed by atoms with E-state index in [0.29, 0.717) is 38.5 Å². The van der Waals surface area contributed by atoms with Gasteiger partial charge in [-0.3, -0.25) is 4.79 Å². The van der Waals surface area contributed by atoms with Crippen molar-refractivity contribution in [1.29, 1.82) is 0 Å². The summed E-state index contributed by atoms with van der Waals surface area (Å²) in [5.74, 6) is 1.51. The lowest BCUT2D eigenvalue weighted by Gasteiger charge is -2.34. The molecule has 0 spiro atoms. The third-order valence-electron chi connectivity index (χ3n) is 5.97. The first-order chi connectivity index (χ1) is 12.6. The van der Waals surface area contributed by atoms with Gasteiger partial charge >= 0.3 is 0 Å². The van der Waals surface area contributed by atoms with Crippen molar-refractivity contribution in [2.45, 2.75) is 51.9 Å². The van der Waals surface area contributed by atoms with E-state index in [1.165, 1.54) is 32.1 Å². The summed E-state index contributed by atoms with van der Waals surface area (Å²) >= 11 is 0. The highest BCUT2D eigenvalue weighted by molar-refractivity contribution is 5.95. The van der Waals surface area contributed by atoms with Gasteiger partial charge in [-0.05, 0) is 50.2 Å². The van der Waals surface area contributed by atoms with Crippen LogP contribution in [0.25, 0.3) is 0 Å². The third-order valence-corrected chi connectivity index (χ3v) is 5.97. The van der Waals surface area contributed by atoms with Gasteiger partial charge in [-0.25, -0.2) is 0 Å². The van der Waals surface area contributed by atoms with Crippen molar-refractivity contribution in [3.05, 3.63) is 23.8 Å². The van der Waals surface area contributed by atoms with E-state index in [1.807, 2.05) is 25.1 Å². The molecule has 0 aromatic heterocycles. The Morgan fingerprint density at radius 1 is 1.27 bits per heavy atom. The zero-order valence-corrected chi connectivity index (χ0v) is 15.9. The molecule has 5 heteroatoms. The van der Waals surface area contributed by atoms with E-state index in [4.69, 9.17) is 15.2 Å². The molecule has 0 atom stereocenters. The van der Waals surface area contributed by atoms with Gasteiger partial charge in [0.15, 0.2) is 0 Å². The maximum atomic E-state index is 12.8. The van der Waals surface area contributed by atoms with E-state index in [0.717, 1.165) is 23.6 Å². The Morgan fingerprint density at radius 2 is 2.00 bits per heavy atom. The summed E-state index contributed by atoms with van der Waals surface area (Å²) in [6.45, 7) is 4.34. The predicted octanol–water partition coefficient (Wildman–Crippen LogP) is 3.65. The number of hydrogen-bond acceptors (Lipinski definition) is 4. The quantitative estimate of drug-likeness (QED) is 0.812. The first-order valence-electron chi connectivity index (χ1n) is 9.96. The average Bonchev–Trinajstić information content (AvgIpc) is 2.69. The van der Waals surface area contributed by atoms with Crippen molar-refractivity contribution in [2.75, 3.05) is 31.7 Å². The van der Waals surface area contributed by atoms with Crippen molar-refractivity contribution >= 4 is 11.6 Å². The zero-order valence-electron chi connectivity index (χ0n) is 15.9. The van der Waals surface area contributed by atoms with Gasteiger partial charge in [0, 0.05) is 31.5 Å². The summed E-state index contributed by atoms with van der Waals surface area (Å²) < 4.78 is 11.5. The summed E-state index contributed by atoms with van der Waals surface area (Å²) in [5, 5.41) is 3.05. The Kier molecular flexibility index (Phi) is 6.54. The SMILES string of the molecule is Cc1ccc(NC(=O)C2(CN)CCOCC2)cc1OCC1CCCCC1. The molecular weight excluding hydrogens is 328 g/mol. The van der Waals surface area contributed by atoms with E-state index < -0.39 is 5.41 Å². The van der Waals surface area contributed by atoms with Crippen LogP contribution in [-0.2, 0) is 9.53 Å². The molecule has 0 unspecified atom stereocenters. The van der Waals surface area contributed by atoms with Crippen LogP contribution in [0.2, 0.25) is 0 Å². The van der Waals surface area contributed by atoms with E-state index in [-0.39, 0.29) is 5.91 Å². The number of carbonyl (C=O) groups excluding carboxylic acids is 1. The zero-order chi connectivity index (χ0) is 18.4. The number of rotatable bonds is 6. The summed E-state index contributed by atoms with van der Waals surface area (Å²) in [4.78, 5) is 12.8. The number of benzene rings is 1. The summed E-state index contributed by atoms with van der Waals surface area (Å²) in [6.07, 6.45) is 7.85. The van der Waals surface area contributed by atoms with Crippen molar-refractivity contribution in [1.82, 2.24) is 0 Å². The number of aryl methyl sites for hydroxylation is 1. The molecule has 3 N–H and O–H groups in total. The van der Waals surface area contributed by atoms with Gasteiger partial charge in [-0.1, -0.05) is 25.3 Å². The fourth-order valence-corrected chi connectivity index (χ4v) is 3.94. The van der Waals surface area contributed by atoms with Crippen LogP contribution in [0.3, 0.4) is 0 Å². The number of nitrogens with one attached hydrogen (secondary N) is 1. The van der Waals surface area contributed by atoms with Crippen LogP contribution in [0, 0.1) is 18.3 Å². The molecule has 26 heavy (non-hydrogen) atoms. The van der Waals surface area contributed by atoms with Gasteiger partial charge in [0.2, 0.25) is 5.91 Å². The fraction of sp³-hybridized carbons (Fsp3) is 0.667. The van der Waals surface area contributed by atoms with Crippen LogP contribution in [0.5, 0.6) is 5.75 Å². The summed E-state index contributed by atoms with van der Waals surface area (Å²) in [7, 11) is 0. The minimum Gasteiger partial charge on any atom is -0.493 e. The molecule has 1 aromatic rings. The molecule has 1 heterocycles. The van der Waals surface area contributed by atoms with Gasteiger partial charge in [0.1, 0.15) is 5.75 Å². The molecule has 3 rings (SSSR count). The van der Waals surface area contributed by atoms with E-state index >= 15 is 0 Å². The Bertz CT molecular complexity index is 605. The number of anilines is 1. The molecule has 0 bridgehead atoms. The second-order valence-corrected chi connectivity index (χ2v) is 7.85. The lowest BCUT2D eigenvalue weighted by Crippen LogP contribution is -2.46. The lowest BCUT2D eigenvalue weighted by atomic mass is 9.79. The molecule has 1 aliphatic carbocycles. The standard InChI is InChI=1S/C21H32N2O3/c1-16-7-8-18(13-19(16)26-14-17-5-3-2-4-6-17)23-20(24)21(15-22)9-11-25-12-10-21/h7-8,13,17H,2-6,9-12,14-15,22H2,1H3,(H,23,24). The molecule has 1 saturated heterocycles. The van der Waals surface area contributed by atoms with Crippen LogP contribution in [0.15, 0.2) is 18.2 Å². The first kappa shape index (κ1) is 19.2. The Labute approximate surface area is 156 Å². The minimum absolute atomic E-state index is 0.00890. The van der Waals surface area contributed by atoms with Crippen LogP contribution in [0.4, 0.5) is 5.69 Å². The smallest absolute Gasteiger partial charge is 0.232 e. The van der Waals surface area contributed by atoms with Crippen molar-refractivity contribution < 1.29 is 14.3 Å². The summed E-state index contributed by atoms with van der Waals surface area (Å²) in [5.41, 5.74) is 7.29. The predicted molar refractivity (Wildman–Crippen MR) is 103 cm³/mol. The first-order valence-corrected chi connectivity index (χ1v) is 9.96. The van der Waals surface area contributed by atoms with Gasteiger partial charge in [-0.2, -0.15) is 0 Å². The highest BCUT2D eigenvalue weighted by atomic mass is 16.5. The van der Waals surface area contributed by atoms with Crippen molar-refractivity contribution in [3.8, 4) is 5.75 Å². The summed E-state index contributed by atoms with van der Waals surface area (Å²) in [6, 6.07) is 5.88. The largest absolute Gasteiger partial charge is 0.493 e. The van der Waals surface area contributed by atoms with E-state index in [9.17, 15) is 4.79 Å². The molecule has 1 aliphatic heterocycles. The maximum absolute atomic E-state index is 12.8. The van der Waals surface area contributed by atoms with Gasteiger partial charge in [-0.15, -0.1) is 0 Å². The Hall–Kier alpha value is -1.59. The third kappa shape index (κ3) is 4.57. The number of amides is 1. The van der Waals surface area contributed by atoms with E-state index in [2.05, 4.69) is 5.32 Å². The second kappa shape index (κ2) is 8.87. The van der Waals surface area contributed by atoms with Crippen molar-refractivity contribution in [3.63, 3.8) is 0 Å². The second-order valence-electron chi connectivity index (χ2n) is 7.85. The minimum atomic E-state index is -0.522. The number of hydrogen-bond donors (Lipinski definition) is 2. The molecule has 144 valence electrons. The van der Waals surface area contributed by atoms with Gasteiger partial charge in [0.05, 0.1) is 12.0 Å². The maximum Gasteiger partial charge on any atom is 0.232 e. The molecule has 1 amide bonds. The average molecular weight is 360 g/mol. The molecule has 1 aromatic carbocycles. The van der Waals surface area contributed by atoms with Crippen LogP contribution < -0.4 is 15.8 Å². The Balaban J connectivity index is 1.63. The number of ether oxygens (including phenoxy) is 2. The molecule has 2 aliphatic rings. The lowest BCUT2D eigenvalue weighted by molar-refractivity contribution is -0.130. The van der Waals surface area contributed by atoms with Crippen molar-refractivity contribution in [2.24, 2.45) is 17.1 Å². The Morgan fingerprint density at radius 3 is 2.69 bits per heavy atom. The topological polar surface area (TPSA) is 73.6 Å². The fourth-order valence-electron chi connectivity index (χ4n) is 3.94. The van der Waals surface area contributed by atoms with Crippen LogP contribution >= 0.6 is 0 Å². The van der Waals surface area contributed by atoms with Gasteiger partial charge < -0.3 is 20.5 Å². The number of carbonyl (C=O) groups is 1. The number of nitrogens with two attached hydrogens (primary N) is 1. The van der Waals surface area contributed by atoms with E-state index in [1.54, 1.807) is 0 Å². The molecule has 2 fully saturated rings. The normalized spacial score (nSPS) is 20.5.